The minimum absolute atomic E-state index is 0.517. The largest absolute Gasteiger partial charge is 0.497 e. The van der Waals surface area contributed by atoms with Crippen molar-refractivity contribution in [3.63, 3.8) is 0 Å². The van der Waals surface area contributed by atoms with Crippen LogP contribution >= 0.6 is 0 Å². The molecule has 0 unspecified atom stereocenters. The van der Waals surface area contributed by atoms with Gasteiger partial charge >= 0.3 is 0 Å². The van der Waals surface area contributed by atoms with E-state index in [9.17, 15) is 0 Å². The van der Waals surface area contributed by atoms with Gasteiger partial charge in [0.25, 0.3) is 0 Å². The van der Waals surface area contributed by atoms with E-state index >= 15 is 0 Å². The van der Waals surface area contributed by atoms with Crippen LogP contribution in [0.25, 0.3) is 0 Å². The van der Waals surface area contributed by atoms with Crippen LogP contribution in [0.5, 0.6) is 11.5 Å². The molecule has 0 spiro atoms. The van der Waals surface area contributed by atoms with Gasteiger partial charge in [-0.05, 0) is 12.1 Å². The fraction of sp³-hybridized carbons (Fsp3) is 0.455. The first-order valence-corrected chi connectivity index (χ1v) is 4.65. The lowest BCUT2D eigenvalue weighted by atomic mass is 10.2. The molecule has 0 bridgehead atoms. The van der Waals surface area contributed by atoms with Gasteiger partial charge in [-0.15, -0.1) is 0 Å². The maximum absolute atomic E-state index is 5.28. The third kappa shape index (κ3) is 2.76. The molecule has 0 atom stereocenters. The number of hydrogen-bond acceptors (Lipinski definition) is 4. The summed E-state index contributed by atoms with van der Waals surface area (Å²) in [5, 5.41) is 0. The number of methoxy groups -OCH3 is 3. The van der Waals surface area contributed by atoms with Crippen LogP contribution in [0, 0.1) is 0 Å². The molecule has 15 heavy (non-hydrogen) atoms. The second-order valence-corrected chi connectivity index (χ2v) is 3.15. The van der Waals surface area contributed by atoms with E-state index in [1.54, 1.807) is 21.3 Å². The van der Waals surface area contributed by atoms with Crippen molar-refractivity contribution in [3.05, 3.63) is 18.2 Å². The van der Waals surface area contributed by atoms with E-state index in [4.69, 9.17) is 14.2 Å². The Morgan fingerprint density at radius 2 is 1.87 bits per heavy atom. The summed E-state index contributed by atoms with van der Waals surface area (Å²) in [6.07, 6.45) is 0. The van der Waals surface area contributed by atoms with Crippen LogP contribution in [0.1, 0.15) is 0 Å². The number of ether oxygens (including phenoxy) is 3. The van der Waals surface area contributed by atoms with Gasteiger partial charge in [0.15, 0.2) is 0 Å². The third-order valence-corrected chi connectivity index (χ3v) is 2.12. The van der Waals surface area contributed by atoms with Crippen LogP contribution in [-0.4, -0.2) is 35.1 Å². The maximum atomic E-state index is 5.28. The van der Waals surface area contributed by atoms with Crippen LogP contribution < -0.4 is 14.4 Å². The highest BCUT2D eigenvalue weighted by molar-refractivity contribution is 5.60. The molecule has 0 aliphatic carbocycles. The molecule has 0 saturated heterocycles. The number of rotatable bonds is 5. The molecule has 0 N–H and O–H groups in total. The van der Waals surface area contributed by atoms with Gasteiger partial charge in [0.2, 0.25) is 0 Å². The molecule has 0 amide bonds. The number of anilines is 1. The third-order valence-electron chi connectivity index (χ3n) is 2.12. The lowest BCUT2D eigenvalue weighted by Gasteiger charge is -2.20. The second-order valence-electron chi connectivity index (χ2n) is 3.15. The molecule has 0 aromatic heterocycles. The molecule has 84 valence electrons. The average Bonchev–Trinajstić information content (AvgIpc) is 2.28. The van der Waals surface area contributed by atoms with Crippen molar-refractivity contribution in [1.82, 2.24) is 0 Å². The highest BCUT2D eigenvalue weighted by Gasteiger charge is 2.08. The highest BCUT2D eigenvalue weighted by atomic mass is 16.5. The van der Waals surface area contributed by atoms with Crippen molar-refractivity contribution in [2.45, 2.75) is 0 Å². The second kappa shape index (κ2) is 5.46. The maximum Gasteiger partial charge on any atom is 0.145 e. The summed E-state index contributed by atoms with van der Waals surface area (Å²) in [4.78, 5) is 1.96. The summed E-state index contributed by atoms with van der Waals surface area (Å²) >= 11 is 0. The SMILES string of the molecule is COCN(C)c1ccc(OC)cc1OC. The van der Waals surface area contributed by atoms with Gasteiger partial charge in [-0.3, -0.25) is 0 Å². The fourth-order valence-corrected chi connectivity index (χ4v) is 1.36. The Morgan fingerprint density at radius 3 is 2.40 bits per heavy atom. The Bertz CT molecular complexity index is 315. The Morgan fingerprint density at radius 1 is 1.13 bits per heavy atom. The van der Waals surface area contributed by atoms with Crippen LogP contribution in [-0.2, 0) is 4.74 Å². The monoisotopic (exact) mass is 211 g/mol. The van der Waals surface area contributed by atoms with Gasteiger partial charge < -0.3 is 19.1 Å². The Hall–Kier alpha value is -1.42. The number of hydrogen-bond donors (Lipinski definition) is 0. The van der Waals surface area contributed by atoms with Crippen LogP contribution in [0.4, 0.5) is 5.69 Å². The van der Waals surface area contributed by atoms with E-state index in [1.165, 1.54) is 0 Å². The standard InChI is InChI=1S/C11H17NO3/c1-12(8-13-2)10-6-5-9(14-3)7-11(10)15-4/h5-7H,8H2,1-4H3. The molecule has 0 aliphatic heterocycles. The molecule has 4 nitrogen and oxygen atoms in total. The zero-order valence-corrected chi connectivity index (χ0v) is 9.61. The Kier molecular flexibility index (Phi) is 4.24. The molecule has 0 saturated carbocycles. The van der Waals surface area contributed by atoms with Gasteiger partial charge in [-0.25, -0.2) is 0 Å². The van der Waals surface area contributed by atoms with E-state index < -0.39 is 0 Å². The van der Waals surface area contributed by atoms with E-state index in [2.05, 4.69) is 0 Å². The van der Waals surface area contributed by atoms with Crippen LogP contribution in [0.15, 0.2) is 18.2 Å². The summed E-state index contributed by atoms with van der Waals surface area (Å²) in [7, 11) is 6.87. The molecule has 0 fully saturated rings. The molecule has 0 aliphatic rings. The van der Waals surface area contributed by atoms with Crippen LogP contribution in [0.3, 0.4) is 0 Å². The zero-order valence-electron chi connectivity index (χ0n) is 9.61. The highest BCUT2D eigenvalue weighted by Crippen LogP contribution is 2.31. The topological polar surface area (TPSA) is 30.9 Å². The molecule has 4 heteroatoms. The zero-order chi connectivity index (χ0) is 11.3. The first-order chi connectivity index (χ1) is 7.22. The van der Waals surface area contributed by atoms with E-state index in [-0.39, 0.29) is 0 Å². The van der Waals surface area contributed by atoms with Gasteiger partial charge in [0.05, 0.1) is 19.9 Å². The predicted octanol–water partition coefficient (Wildman–Crippen LogP) is 1.74. The summed E-state index contributed by atoms with van der Waals surface area (Å²) in [6, 6.07) is 5.68. The molecule has 1 rings (SSSR count). The quantitative estimate of drug-likeness (QED) is 0.694. The van der Waals surface area contributed by atoms with Gasteiger partial charge in [0, 0.05) is 20.2 Å². The lowest BCUT2D eigenvalue weighted by molar-refractivity contribution is 0.201. The van der Waals surface area contributed by atoms with E-state index in [1.807, 2.05) is 30.1 Å². The number of benzene rings is 1. The molecule has 0 radical (unpaired) electrons. The van der Waals surface area contributed by atoms with Gasteiger partial charge in [0.1, 0.15) is 18.2 Å². The number of nitrogens with zero attached hydrogens (tertiary/aromatic N) is 1. The van der Waals surface area contributed by atoms with Crippen molar-refractivity contribution in [3.8, 4) is 11.5 Å². The molecule has 1 aromatic rings. The Balaban J connectivity index is 2.96. The predicted molar refractivity (Wildman–Crippen MR) is 59.8 cm³/mol. The fourth-order valence-electron chi connectivity index (χ4n) is 1.36. The van der Waals surface area contributed by atoms with Gasteiger partial charge in [-0.1, -0.05) is 0 Å². The van der Waals surface area contributed by atoms with E-state index in [0.717, 1.165) is 17.2 Å². The van der Waals surface area contributed by atoms with E-state index in [0.29, 0.717) is 6.73 Å². The molecule has 0 heterocycles. The smallest absolute Gasteiger partial charge is 0.145 e. The summed E-state index contributed by atoms with van der Waals surface area (Å²) in [6.45, 7) is 0.517. The Labute approximate surface area is 90.4 Å². The first-order valence-electron chi connectivity index (χ1n) is 4.65. The van der Waals surface area contributed by atoms with Crippen LogP contribution in [0.2, 0.25) is 0 Å². The molecular weight excluding hydrogens is 194 g/mol. The summed E-state index contributed by atoms with van der Waals surface area (Å²) in [5.41, 5.74) is 0.972. The normalized spacial score (nSPS) is 9.87. The first kappa shape index (κ1) is 11.7. The van der Waals surface area contributed by atoms with Crippen molar-refractivity contribution in [2.24, 2.45) is 0 Å². The van der Waals surface area contributed by atoms with Crippen molar-refractivity contribution >= 4 is 5.69 Å². The van der Waals surface area contributed by atoms with Crippen molar-refractivity contribution in [1.29, 1.82) is 0 Å². The lowest BCUT2D eigenvalue weighted by Crippen LogP contribution is -2.20. The minimum atomic E-state index is 0.517. The van der Waals surface area contributed by atoms with Gasteiger partial charge in [-0.2, -0.15) is 0 Å². The summed E-state index contributed by atoms with van der Waals surface area (Å²) < 4.78 is 15.5. The minimum Gasteiger partial charge on any atom is -0.497 e. The summed E-state index contributed by atoms with van der Waals surface area (Å²) in [5.74, 6) is 1.55. The molecular formula is C11H17NO3. The average molecular weight is 211 g/mol. The molecule has 1 aromatic carbocycles. The van der Waals surface area contributed by atoms with Crippen molar-refractivity contribution < 1.29 is 14.2 Å². The van der Waals surface area contributed by atoms with Crippen molar-refractivity contribution in [2.75, 3.05) is 40.0 Å².